The minimum Gasteiger partial charge on any atom is -0.495 e. The first-order valence-electron chi connectivity index (χ1n) is 4.26. The lowest BCUT2D eigenvalue weighted by Crippen LogP contribution is -2.04. The maximum absolute atomic E-state index is 12.8. The summed E-state index contributed by atoms with van der Waals surface area (Å²) >= 11 is 0. The molecule has 0 aliphatic carbocycles. The van der Waals surface area contributed by atoms with Crippen molar-refractivity contribution < 1.29 is 13.5 Å². The topological polar surface area (TPSA) is 69.7 Å². The van der Waals surface area contributed by atoms with Crippen molar-refractivity contribution in [2.75, 3.05) is 7.11 Å². The van der Waals surface area contributed by atoms with Gasteiger partial charge in [-0.25, -0.2) is 13.8 Å². The summed E-state index contributed by atoms with van der Waals surface area (Å²) in [5.74, 6) is 0.0934. The maximum atomic E-state index is 12.8. The molecule has 0 N–H and O–H groups in total. The fourth-order valence-electron chi connectivity index (χ4n) is 1.31. The molecule has 1 aromatic rings. The molecule has 0 fully saturated rings. The number of nitriles is 2. The fourth-order valence-corrected chi connectivity index (χ4v) is 1.31. The average Bonchev–Trinajstić information content (AvgIpc) is 2.28. The van der Waals surface area contributed by atoms with Gasteiger partial charge in [0.05, 0.1) is 31.4 Å². The van der Waals surface area contributed by atoms with Gasteiger partial charge in [0.15, 0.2) is 0 Å². The number of pyridine rings is 1. The summed E-state index contributed by atoms with van der Waals surface area (Å²) in [5.41, 5.74) is -0.879. The average molecular weight is 223 g/mol. The molecule has 1 aromatic heterocycles. The minimum absolute atomic E-state index is 0.0200. The summed E-state index contributed by atoms with van der Waals surface area (Å²) in [6.45, 7) is 0. The van der Waals surface area contributed by atoms with E-state index in [1.165, 1.54) is 7.11 Å². The molecule has 0 bridgehead atoms. The van der Waals surface area contributed by atoms with Crippen LogP contribution in [-0.4, -0.2) is 12.1 Å². The first-order valence-corrected chi connectivity index (χ1v) is 4.26. The van der Waals surface area contributed by atoms with Gasteiger partial charge in [-0.15, -0.1) is 0 Å². The van der Waals surface area contributed by atoms with Crippen LogP contribution in [0, 0.1) is 22.7 Å². The smallest absolute Gasteiger partial charge is 0.267 e. The van der Waals surface area contributed by atoms with E-state index in [0.29, 0.717) is 0 Å². The van der Waals surface area contributed by atoms with Gasteiger partial charge in [0, 0.05) is 5.56 Å². The Balaban J connectivity index is 3.49. The van der Waals surface area contributed by atoms with Crippen LogP contribution >= 0.6 is 0 Å². The number of halogens is 2. The van der Waals surface area contributed by atoms with Crippen molar-refractivity contribution in [2.45, 2.75) is 12.8 Å². The minimum atomic E-state index is -2.86. The number of hydrogen-bond donors (Lipinski definition) is 0. The van der Waals surface area contributed by atoms with Crippen LogP contribution in [0.3, 0.4) is 0 Å². The summed E-state index contributed by atoms with van der Waals surface area (Å²) in [6, 6.07) is 3.33. The predicted molar refractivity (Wildman–Crippen MR) is 49.8 cm³/mol. The second kappa shape index (κ2) is 5.04. The van der Waals surface area contributed by atoms with Crippen LogP contribution < -0.4 is 4.74 Å². The summed E-state index contributed by atoms with van der Waals surface area (Å²) in [7, 11) is 1.29. The van der Waals surface area contributed by atoms with Crippen molar-refractivity contribution in [1.29, 1.82) is 10.5 Å². The standard InChI is InChI=1S/C10H7F2N3O/c1-16-8-5-15-7(4-14)9(10(11)12)6(8)2-3-13/h5,10H,2H2,1H3. The van der Waals surface area contributed by atoms with Crippen molar-refractivity contribution in [3.05, 3.63) is 23.0 Å². The summed E-state index contributed by atoms with van der Waals surface area (Å²) < 4.78 is 30.3. The van der Waals surface area contributed by atoms with Gasteiger partial charge in [0.1, 0.15) is 17.5 Å². The highest BCUT2D eigenvalue weighted by Gasteiger charge is 2.22. The number of methoxy groups -OCH3 is 1. The zero-order valence-electron chi connectivity index (χ0n) is 8.37. The quantitative estimate of drug-likeness (QED) is 0.785. The largest absolute Gasteiger partial charge is 0.495 e. The Kier molecular flexibility index (Phi) is 3.73. The highest BCUT2D eigenvalue weighted by molar-refractivity contribution is 5.47. The van der Waals surface area contributed by atoms with Gasteiger partial charge in [0.25, 0.3) is 6.43 Å². The molecule has 1 heterocycles. The molecule has 0 atom stereocenters. The molecule has 0 unspecified atom stereocenters. The van der Waals surface area contributed by atoms with Crippen molar-refractivity contribution in [1.82, 2.24) is 4.98 Å². The van der Waals surface area contributed by atoms with Gasteiger partial charge in [-0.2, -0.15) is 10.5 Å². The fraction of sp³-hybridized carbons (Fsp3) is 0.300. The Labute approximate surface area is 90.7 Å². The molecule has 0 radical (unpaired) electrons. The van der Waals surface area contributed by atoms with Crippen LogP contribution in [0.25, 0.3) is 0 Å². The van der Waals surface area contributed by atoms with Crippen molar-refractivity contribution in [2.24, 2.45) is 0 Å². The van der Waals surface area contributed by atoms with E-state index in [1.54, 1.807) is 12.1 Å². The Hall–Kier alpha value is -2.21. The van der Waals surface area contributed by atoms with Crippen molar-refractivity contribution >= 4 is 0 Å². The van der Waals surface area contributed by atoms with Crippen LogP contribution in [0.5, 0.6) is 5.75 Å². The highest BCUT2D eigenvalue weighted by atomic mass is 19.3. The predicted octanol–water partition coefficient (Wildman–Crippen LogP) is 1.97. The van der Waals surface area contributed by atoms with Gasteiger partial charge >= 0.3 is 0 Å². The van der Waals surface area contributed by atoms with Crippen LogP contribution in [0.2, 0.25) is 0 Å². The molecular formula is C10H7F2N3O. The number of aromatic nitrogens is 1. The molecule has 0 aliphatic rings. The lowest BCUT2D eigenvalue weighted by molar-refractivity contribution is 0.149. The van der Waals surface area contributed by atoms with Crippen molar-refractivity contribution in [3.8, 4) is 17.9 Å². The molecule has 1 rings (SSSR count). The summed E-state index contributed by atoms with van der Waals surface area (Å²) in [5, 5.41) is 17.2. The zero-order valence-corrected chi connectivity index (χ0v) is 8.37. The van der Waals surface area contributed by atoms with E-state index in [9.17, 15) is 8.78 Å². The Morgan fingerprint density at radius 1 is 1.50 bits per heavy atom. The first-order chi connectivity index (χ1) is 7.65. The molecule has 16 heavy (non-hydrogen) atoms. The zero-order chi connectivity index (χ0) is 12.1. The summed E-state index contributed by atoms with van der Waals surface area (Å²) in [6.07, 6.45) is -1.95. The third-order valence-corrected chi connectivity index (χ3v) is 1.99. The van der Waals surface area contributed by atoms with Crippen LogP contribution in [-0.2, 0) is 6.42 Å². The number of alkyl halides is 2. The van der Waals surface area contributed by atoms with E-state index in [2.05, 4.69) is 4.98 Å². The van der Waals surface area contributed by atoms with Gasteiger partial charge in [-0.05, 0) is 0 Å². The molecule has 0 amide bonds. The van der Waals surface area contributed by atoms with Crippen LogP contribution in [0.1, 0.15) is 23.2 Å². The lowest BCUT2D eigenvalue weighted by atomic mass is 10.0. The molecule has 4 nitrogen and oxygen atoms in total. The van der Waals surface area contributed by atoms with E-state index in [0.717, 1.165) is 6.20 Å². The first kappa shape index (κ1) is 11.9. The second-order valence-electron chi connectivity index (χ2n) is 2.81. The summed E-state index contributed by atoms with van der Waals surface area (Å²) in [4.78, 5) is 3.56. The molecule has 0 spiro atoms. The second-order valence-corrected chi connectivity index (χ2v) is 2.81. The lowest BCUT2D eigenvalue weighted by Gasteiger charge is -2.11. The Morgan fingerprint density at radius 2 is 2.19 bits per heavy atom. The molecule has 0 saturated heterocycles. The Bertz CT molecular complexity index is 474. The normalized spacial score (nSPS) is 9.62. The van der Waals surface area contributed by atoms with E-state index in [4.69, 9.17) is 15.3 Å². The monoisotopic (exact) mass is 223 g/mol. The maximum Gasteiger partial charge on any atom is 0.267 e. The third kappa shape index (κ3) is 2.06. The number of hydrogen-bond acceptors (Lipinski definition) is 4. The van der Waals surface area contributed by atoms with Gasteiger partial charge in [0.2, 0.25) is 0 Å². The van der Waals surface area contributed by atoms with E-state index >= 15 is 0 Å². The van der Waals surface area contributed by atoms with Gasteiger partial charge in [-0.1, -0.05) is 0 Å². The SMILES string of the molecule is COc1cnc(C#N)c(C(F)F)c1CC#N. The van der Waals surface area contributed by atoms with Gasteiger partial charge < -0.3 is 4.74 Å². The van der Waals surface area contributed by atoms with E-state index < -0.39 is 12.0 Å². The van der Waals surface area contributed by atoms with Gasteiger partial charge in [-0.3, -0.25) is 0 Å². The van der Waals surface area contributed by atoms with Crippen molar-refractivity contribution in [3.63, 3.8) is 0 Å². The van der Waals surface area contributed by atoms with E-state index in [-0.39, 0.29) is 23.4 Å². The number of nitrogens with zero attached hydrogens (tertiary/aromatic N) is 3. The Morgan fingerprint density at radius 3 is 2.62 bits per heavy atom. The van der Waals surface area contributed by atoms with E-state index in [1.807, 2.05) is 0 Å². The molecule has 0 saturated carbocycles. The molecule has 0 aromatic carbocycles. The molecule has 6 heteroatoms. The van der Waals surface area contributed by atoms with Crippen LogP contribution in [0.15, 0.2) is 6.20 Å². The number of ether oxygens (including phenoxy) is 1. The number of rotatable bonds is 3. The molecule has 82 valence electrons. The third-order valence-electron chi connectivity index (χ3n) is 1.99. The molecule has 0 aliphatic heterocycles. The van der Waals surface area contributed by atoms with Crippen LogP contribution in [0.4, 0.5) is 8.78 Å². The molecular weight excluding hydrogens is 216 g/mol. The highest BCUT2D eigenvalue weighted by Crippen LogP contribution is 2.31.